The van der Waals surface area contributed by atoms with Gasteiger partial charge in [0.05, 0.1) is 0 Å². The Morgan fingerprint density at radius 3 is 2.38 bits per heavy atom. The number of carboxylic acid groups (broad SMARTS) is 2. The van der Waals surface area contributed by atoms with Gasteiger partial charge in [0, 0.05) is 18.1 Å². The van der Waals surface area contributed by atoms with E-state index in [0.29, 0.717) is 0 Å². The molecule has 4 nitrogen and oxygen atoms in total. The fourth-order valence-corrected chi connectivity index (χ4v) is 1.35. The summed E-state index contributed by atoms with van der Waals surface area (Å²) in [4.78, 5) is 21.3. The summed E-state index contributed by atoms with van der Waals surface area (Å²) >= 11 is 0. The molecule has 1 aromatic rings. The minimum absolute atomic E-state index is 0.119. The SMILES string of the molecule is Cc1ccccc1C/C(=C/C(=O)O)C(=O)O. The van der Waals surface area contributed by atoms with Crippen molar-refractivity contribution in [3.8, 4) is 0 Å². The molecule has 0 unspecified atom stereocenters. The van der Waals surface area contributed by atoms with Gasteiger partial charge in [0.15, 0.2) is 0 Å². The molecule has 4 heteroatoms. The summed E-state index contributed by atoms with van der Waals surface area (Å²) in [7, 11) is 0. The molecule has 0 aromatic heterocycles. The second-order valence-corrected chi connectivity index (χ2v) is 3.42. The molecule has 0 aliphatic rings. The average Bonchev–Trinajstić information content (AvgIpc) is 2.19. The highest BCUT2D eigenvalue weighted by atomic mass is 16.4. The zero-order valence-corrected chi connectivity index (χ0v) is 8.80. The molecule has 2 N–H and O–H groups in total. The largest absolute Gasteiger partial charge is 0.478 e. The van der Waals surface area contributed by atoms with Gasteiger partial charge in [-0.15, -0.1) is 0 Å². The number of aliphatic carboxylic acids is 2. The van der Waals surface area contributed by atoms with E-state index in [1.165, 1.54) is 0 Å². The van der Waals surface area contributed by atoms with Gasteiger partial charge in [0.25, 0.3) is 0 Å². The van der Waals surface area contributed by atoms with Gasteiger partial charge in [-0.05, 0) is 18.1 Å². The minimum atomic E-state index is -1.24. The second-order valence-electron chi connectivity index (χ2n) is 3.42. The summed E-state index contributed by atoms with van der Waals surface area (Å²) < 4.78 is 0. The van der Waals surface area contributed by atoms with Crippen LogP contribution in [0.3, 0.4) is 0 Å². The van der Waals surface area contributed by atoms with E-state index in [1.807, 2.05) is 19.1 Å². The van der Waals surface area contributed by atoms with Crippen LogP contribution in [0.4, 0.5) is 0 Å². The van der Waals surface area contributed by atoms with Gasteiger partial charge < -0.3 is 10.2 Å². The van der Waals surface area contributed by atoms with Gasteiger partial charge in [0.1, 0.15) is 0 Å². The van der Waals surface area contributed by atoms with Gasteiger partial charge in [-0.1, -0.05) is 24.3 Å². The van der Waals surface area contributed by atoms with Crippen molar-refractivity contribution in [2.45, 2.75) is 13.3 Å². The van der Waals surface area contributed by atoms with Crippen molar-refractivity contribution >= 4 is 11.9 Å². The molecule has 0 radical (unpaired) electrons. The standard InChI is InChI=1S/C12H12O4/c1-8-4-2-3-5-9(8)6-10(12(15)16)7-11(13)14/h2-5,7H,6H2,1H3,(H,13,14)(H,15,16)/b10-7-. The molecule has 1 rings (SSSR count). The highest BCUT2D eigenvalue weighted by molar-refractivity contribution is 5.95. The van der Waals surface area contributed by atoms with Crippen molar-refractivity contribution in [3.05, 3.63) is 47.0 Å². The Kier molecular flexibility index (Phi) is 3.83. The Morgan fingerprint density at radius 1 is 1.25 bits per heavy atom. The topological polar surface area (TPSA) is 74.6 Å². The van der Waals surface area contributed by atoms with Crippen LogP contribution in [0.2, 0.25) is 0 Å². The maximum Gasteiger partial charge on any atom is 0.332 e. The Morgan fingerprint density at radius 2 is 1.88 bits per heavy atom. The molecule has 0 saturated carbocycles. The first kappa shape index (κ1) is 12.0. The highest BCUT2D eigenvalue weighted by Crippen LogP contribution is 2.13. The molecule has 0 atom stereocenters. The first-order chi connectivity index (χ1) is 7.50. The van der Waals surface area contributed by atoms with E-state index >= 15 is 0 Å². The molecule has 0 aliphatic heterocycles. The van der Waals surface area contributed by atoms with Crippen molar-refractivity contribution in [2.24, 2.45) is 0 Å². The molecule has 16 heavy (non-hydrogen) atoms. The summed E-state index contributed by atoms with van der Waals surface area (Å²) in [6.45, 7) is 1.86. The predicted octanol–water partition coefficient (Wildman–Crippen LogP) is 1.63. The molecule has 0 heterocycles. The van der Waals surface area contributed by atoms with Gasteiger partial charge >= 0.3 is 11.9 Å². The van der Waals surface area contributed by atoms with Crippen LogP contribution >= 0.6 is 0 Å². The number of carbonyl (C=O) groups is 2. The fraction of sp³-hybridized carbons (Fsp3) is 0.167. The molecule has 0 saturated heterocycles. The quantitative estimate of drug-likeness (QED) is 0.756. The monoisotopic (exact) mass is 220 g/mol. The zero-order valence-electron chi connectivity index (χ0n) is 8.80. The molecular formula is C12H12O4. The third kappa shape index (κ3) is 3.24. The van der Waals surface area contributed by atoms with Crippen LogP contribution in [0.15, 0.2) is 35.9 Å². The van der Waals surface area contributed by atoms with Gasteiger partial charge in [-0.25, -0.2) is 9.59 Å². The average molecular weight is 220 g/mol. The Labute approximate surface area is 92.8 Å². The van der Waals surface area contributed by atoms with Crippen molar-refractivity contribution in [2.75, 3.05) is 0 Å². The van der Waals surface area contributed by atoms with E-state index in [-0.39, 0.29) is 12.0 Å². The number of hydrogen-bond acceptors (Lipinski definition) is 2. The first-order valence-electron chi connectivity index (χ1n) is 4.72. The van der Waals surface area contributed by atoms with Gasteiger partial charge in [-0.2, -0.15) is 0 Å². The Balaban J connectivity index is 2.98. The number of carboxylic acids is 2. The lowest BCUT2D eigenvalue weighted by Crippen LogP contribution is -2.07. The summed E-state index contributed by atoms with van der Waals surface area (Å²) in [5.41, 5.74) is 1.64. The van der Waals surface area contributed by atoms with Crippen molar-refractivity contribution in [3.63, 3.8) is 0 Å². The van der Waals surface area contributed by atoms with E-state index in [4.69, 9.17) is 10.2 Å². The van der Waals surface area contributed by atoms with Crippen LogP contribution in [0, 0.1) is 6.92 Å². The lowest BCUT2D eigenvalue weighted by molar-refractivity contribution is -0.135. The molecule has 84 valence electrons. The molecule has 0 aliphatic carbocycles. The third-order valence-electron chi connectivity index (χ3n) is 2.21. The Hall–Kier alpha value is -2.10. The number of rotatable bonds is 4. The summed E-state index contributed by atoms with van der Waals surface area (Å²) in [5.74, 6) is -2.45. The van der Waals surface area contributed by atoms with Crippen LogP contribution in [0.5, 0.6) is 0 Å². The number of hydrogen-bond donors (Lipinski definition) is 2. The van der Waals surface area contributed by atoms with E-state index < -0.39 is 11.9 Å². The lowest BCUT2D eigenvalue weighted by atomic mass is 10.0. The van der Waals surface area contributed by atoms with Crippen LogP contribution in [-0.4, -0.2) is 22.2 Å². The fourth-order valence-electron chi connectivity index (χ4n) is 1.35. The van der Waals surface area contributed by atoms with Crippen molar-refractivity contribution < 1.29 is 19.8 Å². The first-order valence-corrected chi connectivity index (χ1v) is 4.72. The van der Waals surface area contributed by atoms with Crippen molar-refractivity contribution in [1.29, 1.82) is 0 Å². The molecule has 0 bridgehead atoms. The summed E-state index contributed by atoms with van der Waals surface area (Å²) in [5, 5.41) is 17.4. The van der Waals surface area contributed by atoms with Crippen LogP contribution in [-0.2, 0) is 16.0 Å². The minimum Gasteiger partial charge on any atom is -0.478 e. The summed E-state index contributed by atoms with van der Waals surface area (Å²) in [6.07, 6.45) is 0.850. The molecule has 1 aromatic carbocycles. The smallest absolute Gasteiger partial charge is 0.332 e. The lowest BCUT2D eigenvalue weighted by Gasteiger charge is -2.05. The third-order valence-corrected chi connectivity index (χ3v) is 2.21. The number of aryl methyl sites for hydroxylation is 1. The molecule has 0 amide bonds. The zero-order chi connectivity index (χ0) is 12.1. The van der Waals surface area contributed by atoms with Crippen LogP contribution in [0.1, 0.15) is 11.1 Å². The van der Waals surface area contributed by atoms with E-state index in [0.717, 1.165) is 17.2 Å². The molecule has 0 spiro atoms. The molecular weight excluding hydrogens is 208 g/mol. The molecule has 0 fully saturated rings. The van der Waals surface area contributed by atoms with E-state index in [2.05, 4.69) is 0 Å². The van der Waals surface area contributed by atoms with Gasteiger partial charge in [0.2, 0.25) is 0 Å². The van der Waals surface area contributed by atoms with Gasteiger partial charge in [-0.3, -0.25) is 0 Å². The van der Waals surface area contributed by atoms with Crippen molar-refractivity contribution in [1.82, 2.24) is 0 Å². The normalized spacial score (nSPS) is 11.2. The second kappa shape index (κ2) is 5.11. The predicted molar refractivity (Wildman–Crippen MR) is 58.2 cm³/mol. The van der Waals surface area contributed by atoms with E-state index in [9.17, 15) is 9.59 Å². The highest BCUT2D eigenvalue weighted by Gasteiger charge is 2.11. The number of benzene rings is 1. The van der Waals surface area contributed by atoms with E-state index in [1.54, 1.807) is 12.1 Å². The maximum absolute atomic E-state index is 10.8. The van der Waals surface area contributed by atoms with Crippen LogP contribution < -0.4 is 0 Å². The summed E-state index contributed by atoms with van der Waals surface area (Å²) in [6, 6.07) is 7.28. The van der Waals surface area contributed by atoms with Crippen LogP contribution in [0.25, 0.3) is 0 Å². The maximum atomic E-state index is 10.8. The Bertz CT molecular complexity index is 446.